The zero-order chi connectivity index (χ0) is 34.6. The first-order valence-corrected chi connectivity index (χ1v) is 16.5. The number of ether oxygens (including phenoxy) is 2. The summed E-state index contributed by atoms with van der Waals surface area (Å²) in [6.45, 7) is 4.91. The van der Waals surface area contributed by atoms with Gasteiger partial charge in [0.1, 0.15) is 22.7 Å². The van der Waals surface area contributed by atoms with Crippen molar-refractivity contribution in [1.82, 2.24) is 4.90 Å². The third-order valence-electron chi connectivity index (χ3n) is 8.00. The molecule has 0 aromatic heterocycles. The summed E-state index contributed by atoms with van der Waals surface area (Å²) < 4.78 is 25.0. The summed E-state index contributed by atoms with van der Waals surface area (Å²) in [7, 11) is 1.64. The Labute approximate surface area is 283 Å². The Hall–Kier alpha value is -4.68. The molecular weight excluding hydrogens is 639 g/mol. The Morgan fingerprint density at radius 1 is 0.938 bits per heavy atom. The van der Waals surface area contributed by atoms with Crippen LogP contribution in [-0.2, 0) is 14.4 Å². The number of aliphatic carboxylic acids is 2. The lowest BCUT2D eigenvalue weighted by Crippen LogP contribution is -2.37. The van der Waals surface area contributed by atoms with E-state index in [0.29, 0.717) is 24.3 Å². The normalized spacial score (nSPS) is 16.1. The second-order valence-corrected chi connectivity index (χ2v) is 12.4. The van der Waals surface area contributed by atoms with Gasteiger partial charge >= 0.3 is 11.9 Å². The summed E-state index contributed by atoms with van der Waals surface area (Å²) in [4.78, 5) is 49.8. The molecule has 0 aliphatic carbocycles. The van der Waals surface area contributed by atoms with E-state index in [0.717, 1.165) is 73.0 Å². The molecule has 2 aliphatic rings. The number of carbonyl (C=O) groups excluding carboxylic acids is 2. The smallest absolute Gasteiger partial charge is 0.328 e. The average molecular weight is 679 g/mol. The van der Waals surface area contributed by atoms with Crippen LogP contribution < -0.4 is 14.4 Å². The van der Waals surface area contributed by atoms with Crippen LogP contribution in [0.4, 0.5) is 10.1 Å². The molecule has 12 heteroatoms. The number of halogens is 1. The highest BCUT2D eigenvalue weighted by Gasteiger charge is 2.36. The lowest BCUT2D eigenvalue weighted by molar-refractivity contribution is -0.134. The fraction of sp³-hybridized carbons (Fsp3) is 0.333. The van der Waals surface area contributed by atoms with Crippen molar-refractivity contribution in [3.05, 3.63) is 95.8 Å². The van der Waals surface area contributed by atoms with Crippen LogP contribution in [0.5, 0.6) is 11.5 Å². The molecule has 2 heterocycles. The minimum absolute atomic E-state index is 0.00713. The number of unbranched alkanes of at least 4 members (excludes halogenated alkanes) is 1. The lowest BCUT2D eigenvalue weighted by atomic mass is 9.89. The number of carboxylic acids is 2. The molecule has 1 saturated heterocycles. The first-order chi connectivity index (χ1) is 23.1. The maximum atomic E-state index is 13.2. The Morgan fingerprint density at radius 2 is 1.60 bits per heavy atom. The van der Waals surface area contributed by atoms with Gasteiger partial charge < -0.3 is 24.6 Å². The molecule has 5 rings (SSSR count). The number of thioether (sulfide) groups is 1. The molecule has 2 N–H and O–H groups in total. The number of para-hydroxylation sites is 1. The lowest BCUT2D eigenvalue weighted by Gasteiger charge is -2.31. The van der Waals surface area contributed by atoms with E-state index < -0.39 is 11.9 Å². The number of likely N-dealkylation sites (tertiary alicyclic amines) is 1. The third-order valence-corrected chi connectivity index (χ3v) is 9.29. The van der Waals surface area contributed by atoms with Crippen LogP contribution in [0.2, 0.25) is 0 Å². The number of fused-ring (bicyclic) bond motifs is 1. The Bertz CT molecular complexity index is 1610. The maximum Gasteiger partial charge on any atom is 0.328 e. The van der Waals surface area contributed by atoms with Crippen LogP contribution in [0, 0.1) is 11.7 Å². The van der Waals surface area contributed by atoms with Crippen molar-refractivity contribution < 1.29 is 43.3 Å². The van der Waals surface area contributed by atoms with E-state index in [1.165, 1.54) is 12.1 Å². The zero-order valence-electron chi connectivity index (χ0n) is 26.8. The Morgan fingerprint density at radius 3 is 2.23 bits per heavy atom. The molecule has 3 aromatic carbocycles. The van der Waals surface area contributed by atoms with E-state index in [1.54, 1.807) is 37.9 Å². The molecular formula is C36H39FN2O8S. The van der Waals surface area contributed by atoms with E-state index in [2.05, 4.69) is 4.90 Å². The van der Waals surface area contributed by atoms with Gasteiger partial charge in [0.05, 0.1) is 19.4 Å². The minimum atomic E-state index is -1.26. The summed E-state index contributed by atoms with van der Waals surface area (Å²) in [5, 5.41) is 15.4. The van der Waals surface area contributed by atoms with Crippen molar-refractivity contribution >= 4 is 41.1 Å². The Kier molecular flexibility index (Phi) is 13.2. The number of piperidine rings is 1. The number of nitrogens with zero attached hydrogens (tertiary/aromatic N) is 2. The number of hydrogen-bond donors (Lipinski definition) is 2. The summed E-state index contributed by atoms with van der Waals surface area (Å²) >= 11 is 1.65. The van der Waals surface area contributed by atoms with Gasteiger partial charge in [-0.15, -0.1) is 0 Å². The maximum absolute atomic E-state index is 13.2. The van der Waals surface area contributed by atoms with Crippen LogP contribution in [0.1, 0.15) is 53.9 Å². The van der Waals surface area contributed by atoms with E-state index in [9.17, 15) is 23.6 Å². The van der Waals surface area contributed by atoms with Crippen molar-refractivity contribution in [2.75, 3.05) is 38.3 Å². The van der Waals surface area contributed by atoms with Gasteiger partial charge in [-0.05, 0) is 99.9 Å². The predicted molar refractivity (Wildman–Crippen MR) is 180 cm³/mol. The molecule has 2 aliphatic heterocycles. The highest BCUT2D eigenvalue weighted by molar-refractivity contribution is 8.00. The molecule has 1 amide bonds. The standard InChI is InChI=1S/C32H35FN2O4S.C4H4O4/c1-22(36)35-28-7-3-4-8-30(28)40-32(35)27-21-26(38-2)13-14-29(27)39-20-6-5-17-34-18-15-24(16-19-34)31(37)23-9-11-25(33)12-10-23;5-3(6)1-2-4(7)8/h3-4,7-14,21,24,32H,5-6,15-20H2,1-2H3;1-2H,(H,5,6)(H,7,8)/b;2-1+. The van der Waals surface area contributed by atoms with Crippen LogP contribution >= 0.6 is 11.8 Å². The zero-order valence-corrected chi connectivity index (χ0v) is 27.7. The van der Waals surface area contributed by atoms with Gasteiger partial charge in [0, 0.05) is 41.0 Å². The molecule has 0 radical (unpaired) electrons. The van der Waals surface area contributed by atoms with Crippen molar-refractivity contribution in [3.8, 4) is 11.5 Å². The van der Waals surface area contributed by atoms with Crippen molar-refractivity contribution in [1.29, 1.82) is 0 Å². The van der Waals surface area contributed by atoms with Crippen molar-refractivity contribution in [3.63, 3.8) is 0 Å². The number of rotatable bonds is 12. The van der Waals surface area contributed by atoms with Gasteiger partial charge in [0.2, 0.25) is 5.91 Å². The Balaban J connectivity index is 0.000000579. The summed E-state index contributed by atoms with van der Waals surface area (Å²) in [5.74, 6) is -1.23. The quantitative estimate of drug-likeness (QED) is 0.125. The fourth-order valence-electron chi connectivity index (χ4n) is 5.60. The number of carbonyl (C=O) groups is 4. The number of methoxy groups -OCH3 is 1. The monoisotopic (exact) mass is 678 g/mol. The predicted octanol–water partition coefficient (Wildman–Crippen LogP) is 6.46. The molecule has 3 aromatic rings. The minimum Gasteiger partial charge on any atom is -0.497 e. The molecule has 10 nitrogen and oxygen atoms in total. The largest absolute Gasteiger partial charge is 0.497 e. The number of hydrogen-bond acceptors (Lipinski definition) is 8. The molecule has 1 atom stereocenters. The van der Waals surface area contributed by atoms with Gasteiger partial charge in [0.25, 0.3) is 0 Å². The number of ketones is 1. The van der Waals surface area contributed by atoms with E-state index >= 15 is 0 Å². The summed E-state index contributed by atoms with van der Waals surface area (Å²) in [6, 6.07) is 19.6. The SMILES string of the molecule is COc1ccc(OCCCCN2CCC(C(=O)c3ccc(F)cc3)CC2)c(C2Sc3ccccc3N2C(C)=O)c1.O=C(O)/C=C/C(=O)O. The van der Waals surface area contributed by atoms with Crippen LogP contribution in [0.25, 0.3) is 0 Å². The number of anilines is 1. The number of amides is 1. The molecule has 1 fully saturated rings. The second-order valence-electron chi connectivity index (χ2n) is 11.3. The second kappa shape index (κ2) is 17.5. The van der Waals surface area contributed by atoms with Gasteiger partial charge in [-0.1, -0.05) is 23.9 Å². The van der Waals surface area contributed by atoms with E-state index in [1.807, 2.05) is 47.4 Å². The third kappa shape index (κ3) is 9.91. The van der Waals surface area contributed by atoms with Crippen LogP contribution in [-0.4, -0.2) is 72.1 Å². The average Bonchev–Trinajstić information content (AvgIpc) is 3.48. The first kappa shape index (κ1) is 36.2. The summed E-state index contributed by atoms with van der Waals surface area (Å²) in [6.07, 6.45) is 4.66. The molecule has 0 bridgehead atoms. The highest BCUT2D eigenvalue weighted by atomic mass is 32.2. The number of carboxylic acid groups (broad SMARTS) is 2. The van der Waals surface area contributed by atoms with Gasteiger partial charge in [0.15, 0.2) is 5.78 Å². The molecule has 0 spiro atoms. The van der Waals surface area contributed by atoms with Crippen molar-refractivity contribution in [2.24, 2.45) is 5.92 Å². The first-order valence-electron chi connectivity index (χ1n) is 15.6. The van der Waals surface area contributed by atoms with Gasteiger partial charge in [-0.3, -0.25) is 14.5 Å². The van der Waals surface area contributed by atoms with Crippen LogP contribution in [0.3, 0.4) is 0 Å². The number of Topliss-reactive ketones (excluding diaryl/α,β-unsaturated/α-hetero) is 1. The highest BCUT2D eigenvalue weighted by Crippen LogP contribution is 2.53. The summed E-state index contributed by atoms with van der Waals surface area (Å²) in [5.41, 5.74) is 2.44. The number of benzene rings is 3. The molecule has 1 unspecified atom stereocenters. The molecule has 48 heavy (non-hydrogen) atoms. The van der Waals surface area contributed by atoms with E-state index in [-0.39, 0.29) is 28.8 Å². The molecule has 254 valence electrons. The van der Waals surface area contributed by atoms with E-state index in [4.69, 9.17) is 19.7 Å². The fourth-order valence-corrected chi connectivity index (χ4v) is 6.96. The van der Waals surface area contributed by atoms with Crippen LogP contribution in [0.15, 0.2) is 83.8 Å². The van der Waals surface area contributed by atoms with Gasteiger partial charge in [-0.2, -0.15) is 0 Å². The molecule has 0 saturated carbocycles. The topological polar surface area (TPSA) is 134 Å². The van der Waals surface area contributed by atoms with Crippen molar-refractivity contribution in [2.45, 2.75) is 42.9 Å². The van der Waals surface area contributed by atoms with Gasteiger partial charge in [-0.25, -0.2) is 14.0 Å².